The molecule has 1 amide bonds. The first kappa shape index (κ1) is 19.2. The van der Waals surface area contributed by atoms with Gasteiger partial charge in [-0.25, -0.2) is 4.98 Å². The number of carbonyl (C=O) groups excluding carboxylic acids is 1. The molecule has 4 rings (SSSR count). The lowest BCUT2D eigenvalue weighted by Crippen LogP contribution is -2.05. The number of nitrogens with zero attached hydrogens (tertiary/aromatic N) is 4. The number of nitro benzene ring substituents is 1. The van der Waals surface area contributed by atoms with Crippen molar-refractivity contribution in [2.45, 2.75) is 15.6 Å². The minimum atomic E-state index is -0.421. The Morgan fingerprint density at radius 2 is 1.93 bits per heavy atom. The van der Waals surface area contributed by atoms with Crippen LogP contribution in [-0.4, -0.2) is 26.0 Å². The van der Waals surface area contributed by atoms with Gasteiger partial charge < -0.3 is 10.6 Å². The molecule has 0 fully saturated rings. The van der Waals surface area contributed by atoms with E-state index in [1.54, 1.807) is 18.2 Å². The summed E-state index contributed by atoms with van der Waals surface area (Å²) in [6.07, 6.45) is 0. The molecule has 4 aromatic rings. The van der Waals surface area contributed by atoms with E-state index in [-0.39, 0.29) is 11.6 Å². The van der Waals surface area contributed by atoms with Crippen molar-refractivity contribution in [1.82, 2.24) is 15.2 Å². The average molecular weight is 445 g/mol. The number of carbonyl (C=O) groups is 1. The Bertz CT molecular complexity index is 1220. The van der Waals surface area contributed by atoms with E-state index in [4.69, 9.17) is 0 Å². The normalized spacial score (nSPS) is 10.8. The molecule has 0 unspecified atom stereocenters. The van der Waals surface area contributed by atoms with Crippen LogP contribution in [0.25, 0.3) is 10.2 Å². The third-order valence-electron chi connectivity index (χ3n) is 3.58. The van der Waals surface area contributed by atoms with Crippen LogP contribution in [0.15, 0.2) is 51.1 Å². The molecular formula is C17H12N6O3S3. The molecule has 0 saturated carbocycles. The quantitative estimate of drug-likeness (QED) is 0.318. The van der Waals surface area contributed by atoms with Gasteiger partial charge in [-0.3, -0.25) is 14.9 Å². The fraction of sp³-hybridized carbons (Fsp3) is 0.0588. The third kappa shape index (κ3) is 4.67. The molecule has 0 aliphatic carbocycles. The molecule has 146 valence electrons. The van der Waals surface area contributed by atoms with Gasteiger partial charge in [-0.2, -0.15) is 0 Å². The number of aromatic nitrogens is 3. The second-order valence-corrected chi connectivity index (χ2v) is 9.25. The molecule has 2 heterocycles. The molecule has 0 aliphatic heterocycles. The monoisotopic (exact) mass is 444 g/mol. The SMILES string of the molecule is CC(=O)Nc1cccc(Nc2nnc(Sc3nc4ccc([N+](=O)[O-])cc4s3)s2)c1. The lowest BCUT2D eigenvalue weighted by Gasteiger charge is -2.05. The molecule has 0 spiro atoms. The smallest absolute Gasteiger partial charge is 0.270 e. The lowest BCUT2D eigenvalue weighted by atomic mass is 10.3. The summed E-state index contributed by atoms with van der Waals surface area (Å²) in [5.74, 6) is -0.141. The highest BCUT2D eigenvalue weighted by molar-refractivity contribution is 8.02. The van der Waals surface area contributed by atoms with E-state index in [2.05, 4.69) is 25.8 Å². The van der Waals surface area contributed by atoms with Gasteiger partial charge >= 0.3 is 0 Å². The molecule has 2 N–H and O–H groups in total. The minimum absolute atomic E-state index is 0.0431. The van der Waals surface area contributed by atoms with Gasteiger partial charge in [-0.15, -0.1) is 21.5 Å². The highest BCUT2D eigenvalue weighted by atomic mass is 32.2. The summed E-state index contributed by atoms with van der Waals surface area (Å²) in [5.41, 5.74) is 2.21. The Morgan fingerprint density at radius 3 is 2.72 bits per heavy atom. The number of hydrogen-bond donors (Lipinski definition) is 2. The maximum atomic E-state index is 11.2. The standard InChI is InChI=1S/C17H12N6O3S3/c1-9(24)18-10-3-2-4-11(7-10)19-15-21-22-17(28-15)29-16-20-13-6-5-12(23(25)26)8-14(13)27-16/h2-8H,1H3,(H,18,24)(H,19,21). The molecule has 9 nitrogen and oxygen atoms in total. The van der Waals surface area contributed by atoms with Gasteiger partial charge in [-0.1, -0.05) is 17.4 Å². The predicted molar refractivity (Wildman–Crippen MR) is 114 cm³/mol. The highest BCUT2D eigenvalue weighted by Crippen LogP contribution is 2.38. The average Bonchev–Trinajstić information content (AvgIpc) is 3.27. The van der Waals surface area contributed by atoms with E-state index in [1.165, 1.54) is 53.5 Å². The number of hydrogen-bond acceptors (Lipinski definition) is 10. The highest BCUT2D eigenvalue weighted by Gasteiger charge is 2.13. The topological polar surface area (TPSA) is 123 Å². The number of fused-ring (bicyclic) bond motifs is 1. The van der Waals surface area contributed by atoms with Crippen molar-refractivity contribution < 1.29 is 9.72 Å². The van der Waals surface area contributed by atoms with Crippen LogP contribution in [0.5, 0.6) is 0 Å². The first-order chi connectivity index (χ1) is 14.0. The number of amides is 1. The fourth-order valence-corrected chi connectivity index (χ4v) is 5.50. The van der Waals surface area contributed by atoms with E-state index in [0.717, 1.165) is 14.7 Å². The summed E-state index contributed by atoms with van der Waals surface area (Å²) < 4.78 is 2.18. The van der Waals surface area contributed by atoms with Gasteiger partial charge in [0, 0.05) is 30.4 Å². The Kier molecular flexibility index (Phi) is 5.38. The second-order valence-electron chi connectivity index (χ2n) is 5.75. The van der Waals surface area contributed by atoms with Gasteiger partial charge in [0.2, 0.25) is 11.0 Å². The van der Waals surface area contributed by atoms with Gasteiger partial charge in [0.1, 0.15) is 0 Å². The summed E-state index contributed by atoms with van der Waals surface area (Å²) in [6.45, 7) is 1.45. The van der Waals surface area contributed by atoms with Crippen molar-refractivity contribution in [3.63, 3.8) is 0 Å². The number of non-ortho nitro benzene ring substituents is 1. The Labute approximate surface area is 176 Å². The fourth-order valence-electron chi connectivity index (χ4n) is 2.43. The molecule has 12 heteroatoms. The van der Waals surface area contributed by atoms with Crippen LogP contribution < -0.4 is 10.6 Å². The number of thiazole rings is 1. The van der Waals surface area contributed by atoms with Crippen molar-refractivity contribution >= 4 is 72.8 Å². The van der Waals surface area contributed by atoms with Crippen LogP contribution >= 0.6 is 34.4 Å². The number of nitrogens with one attached hydrogen (secondary N) is 2. The van der Waals surface area contributed by atoms with E-state index in [0.29, 0.717) is 20.7 Å². The molecule has 2 aromatic heterocycles. The van der Waals surface area contributed by atoms with Crippen LogP contribution in [0.3, 0.4) is 0 Å². The van der Waals surface area contributed by atoms with Gasteiger partial charge in [0.25, 0.3) is 5.69 Å². The van der Waals surface area contributed by atoms with Crippen molar-refractivity contribution in [2.24, 2.45) is 0 Å². The summed E-state index contributed by atoms with van der Waals surface area (Å²) in [4.78, 5) is 26.1. The van der Waals surface area contributed by atoms with Gasteiger partial charge in [-0.05, 0) is 36.0 Å². The van der Waals surface area contributed by atoms with E-state index in [1.807, 2.05) is 12.1 Å². The lowest BCUT2D eigenvalue weighted by molar-refractivity contribution is -0.384. The Morgan fingerprint density at radius 1 is 1.10 bits per heavy atom. The predicted octanol–water partition coefficient (Wildman–Crippen LogP) is 4.91. The Hall–Kier alpha value is -3.09. The van der Waals surface area contributed by atoms with Crippen molar-refractivity contribution in [2.75, 3.05) is 10.6 Å². The van der Waals surface area contributed by atoms with E-state index < -0.39 is 4.92 Å². The number of nitro groups is 1. The van der Waals surface area contributed by atoms with Crippen molar-refractivity contribution in [3.8, 4) is 0 Å². The first-order valence-corrected chi connectivity index (χ1v) is 10.6. The van der Waals surface area contributed by atoms with Crippen molar-refractivity contribution in [1.29, 1.82) is 0 Å². The third-order valence-corrected chi connectivity index (χ3v) is 6.55. The summed E-state index contributed by atoms with van der Waals surface area (Å²) >= 11 is 4.09. The van der Waals surface area contributed by atoms with Crippen LogP contribution in [0, 0.1) is 10.1 Å². The van der Waals surface area contributed by atoms with Crippen LogP contribution in [0.2, 0.25) is 0 Å². The van der Waals surface area contributed by atoms with Crippen molar-refractivity contribution in [3.05, 3.63) is 52.6 Å². The van der Waals surface area contributed by atoms with E-state index in [9.17, 15) is 14.9 Å². The molecule has 0 saturated heterocycles. The zero-order chi connectivity index (χ0) is 20.4. The number of benzene rings is 2. The molecule has 0 bridgehead atoms. The summed E-state index contributed by atoms with van der Waals surface area (Å²) in [6, 6.07) is 11.9. The largest absolute Gasteiger partial charge is 0.330 e. The molecule has 0 aliphatic rings. The first-order valence-electron chi connectivity index (χ1n) is 8.17. The summed E-state index contributed by atoms with van der Waals surface area (Å²) in [7, 11) is 0. The van der Waals surface area contributed by atoms with Crippen LogP contribution in [0.4, 0.5) is 22.2 Å². The molecule has 29 heavy (non-hydrogen) atoms. The van der Waals surface area contributed by atoms with E-state index >= 15 is 0 Å². The molecular weight excluding hydrogens is 432 g/mol. The molecule has 2 aromatic carbocycles. The maximum absolute atomic E-state index is 11.2. The van der Waals surface area contributed by atoms with Crippen LogP contribution in [0.1, 0.15) is 6.92 Å². The second kappa shape index (κ2) is 8.11. The minimum Gasteiger partial charge on any atom is -0.330 e. The summed E-state index contributed by atoms with van der Waals surface area (Å²) in [5, 5.41) is 25.7. The Balaban J connectivity index is 1.47. The number of rotatable bonds is 6. The zero-order valence-corrected chi connectivity index (χ0v) is 17.2. The number of anilines is 3. The molecule has 0 atom stereocenters. The van der Waals surface area contributed by atoms with Gasteiger partial charge in [0.15, 0.2) is 8.68 Å². The molecule has 0 radical (unpaired) electrons. The van der Waals surface area contributed by atoms with Gasteiger partial charge in [0.05, 0.1) is 15.1 Å². The zero-order valence-electron chi connectivity index (χ0n) is 14.8. The maximum Gasteiger partial charge on any atom is 0.270 e. The van der Waals surface area contributed by atoms with Crippen LogP contribution in [-0.2, 0) is 4.79 Å².